The van der Waals surface area contributed by atoms with Crippen molar-refractivity contribution in [2.45, 2.75) is 31.2 Å². The third-order valence-electron chi connectivity index (χ3n) is 6.44. The van der Waals surface area contributed by atoms with Crippen molar-refractivity contribution >= 4 is 27.5 Å². The molecule has 0 fully saturated rings. The minimum absolute atomic E-state index is 0.0660. The zero-order chi connectivity index (χ0) is 28.6. The zero-order valence-corrected chi connectivity index (χ0v) is 23.7. The summed E-state index contributed by atoms with van der Waals surface area (Å²) < 4.78 is 39.5. The number of methoxy groups -OCH3 is 2. The summed E-state index contributed by atoms with van der Waals surface area (Å²) in [6.45, 7) is 3.24. The second-order valence-corrected chi connectivity index (χ2v) is 10.8. The molecule has 0 radical (unpaired) electrons. The van der Waals surface area contributed by atoms with Crippen LogP contribution in [0.15, 0.2) is 77.7 Å². The number of benzene rings is 3. The van der Waals surface area contributed by atoms with Crippen molar-refractivity contribution in [3.05, 3.63) is 83.9 Å². The number of amides is 2. The Kier molecular flexibility index (Phi) is 9.95. The number of rotatable bonds is 12. The van der Waals surface area contributed by atoms with Crippen LogP contribution in [0.4, 0.5) is 5.69 Å². The predicted molar refractivity (Wildman–Crippen MR) is 151 cm³/mol. The molecule has 1 atom stereocenters. The number of ether oxygens (including phenoxy) is 2. The quantitative estimate of drug-likeness (QED) is 0.369. The van der Waals surface area contributed by atoms with Crippen LogP contribution in [-0.2, 0) is 26.0 Å². The number of nitrogens with one attached hydrogen (secondary N) is 1. The van der Waals surface area contributed by atoms with Gasteiger partial charge in [0.25, 0.3) is 10.0 Å². The first-order valence-electron chi connectivity index (χ1n) is 12.5. The average Bonchev–Trinajstić information content (AvgIpc) is 2.96. The van der Waals surface area contributed by atoms with E-state index in [9.17, 15) is 18.0 Å². The maximum atomic E-state index is 14.0. The number of hydrogen-bond acceptors (Lipinski definition) is 6. The van der Waals surface area contributed by atoms with Gasteiger partial charge in [0.15, 0.2) is 11.5 Å². The summed E-state index contributed by atoms with van der Waals surface area (Å²) in [7, 11) is 0.153. The van der Waals surface area contributed by atoms with Crippen LogP contribution >= 0.6 is 0 Å². The minimum Gasteiger partial charge on any atom is -0.493 e. The molecule has 0 bridgehead atoms. The van der Waals surface area contributed by atoms with Crippen LogP contribution in [0.3, 0.4) is 0 Å². The summed E-state index contributed by atoms with van der Waals surface area (Å²) in [6.07, 6.45) is 0.501. The minimum atomic E-state index is -4.22. The number of nitrogens with zero attached hydrogens (tertiary/aromatic N) is 2. The van der Waals surface area contributed by atoms with Gasteiger partial charge in [-0.3, -0.25) is 13.9 Å². The summed E-state index contributed by atoms with van der Waals surface area (Å²) in [6, 6.07) is 19.9. The van der Waals surface area contributed by atoms with E-state index < -0.39 is 28.5 Å². The van der Waals surface area contributed by atoms with Gasteiger partial charge in [-0.1, -0.05) is 48.0 Å². The van der Waals surface area contributed by atoms with Crippen LogP contribution in [0.1, 0.15) is 18.1 Å². The third kappa shape index (κ3) is 7.08. The van der Waals surface area contributed by atoms with Crippen LogP contribution in [0, 0.1) is 6.92 Å². The van der Waals surface area contributed by atoms with Gasteiger partial charge in [-0.25, -0.2) is 8.42 Å². The second-order valence-electron chi connectivity index (χ2n) is 8.98. The summed E-state index contributed by atoms with van der Waals surface area (Å²) in [4.78, 5) is 27.7. The number of sulfonamides is 1. The van der Waals surface area contributed by atoms with Crippen molar-refractivity contribution < 1.29 is 27.5 Å². The van der Waals surface area contributed by atoms with Gasteiger partial charge in [-0.2, -0.15) is 0 Å². The molecule has 1 unspecified atom stereocenters. The second kappa shape index (κ2) is 13.1. The summed E-state index contributed by atoms with van der Waals surface area (Å²) in [5, 5.41) is 2.58. The van der Waals surface area contributed by atoms with Gasteiger partial charge >= 0.3 is 0 Å². The lowest BCUT2D eigenvalue weighted by molar-refractivity contribution is -0.138. The Morgan fingerprint density at radius 3 is 2.15 bits per heavy atom. The van der Waals surface area contributed by atoms with Crippen molar-refractivity contribution in [2.75, 3.05) is 38.7 Å². The molecule has 0 aliphatic rings. The molecular formula is C29H35N3O6S. The highest BCUT2D eigenvalue weighted by Crippen LogP contribution is 2.32. The van der Waals surface area contributed by atoms with Crippen molar-refractivity contribution in [2.24, 2.45) is 0 Å². The fourth-order valence-corrected chi connectivity index (χ4v) is 5.55. The molecule has 9 nitrogen and oxygen atoms in total. The highest BCUT2D eigenvalue weighted by Gasteiger charge is 2.32. The topological polar surface area (TPSA) is 105 Å². The first kappa shape index (κ1) is 29.5. The van der Waals surface area contributed by atoms with E-state index in [1.165, 1.54) is 44.4 Å². The molecule has 0 aliphatic carbocycles. The molecule has 208 valence electrons. The Morgan fingerprint density at radius 1 is 0.923 bits per heavy atom. The van der Waals surface area contributed by atoms with Crippen molar-refractivity contribution in [3.63, 3.8) is 0 Å². The lowest BCUT2D eigenvalue weighted by Crippen LogP contribution is -2.51. The Morgan fingerprint density at radius 2 is 1.56 bits per heavy atom. The highest BCUT2D eigenvalue weighted by atomic mass is 32.2. The first-order valence-corrected chi connectivity index (χ1v) is 13.9. The fourth-order valence-electron chi connectivity index (χ4n) is 4.12. The Bertz CT molecular complexity index is 1380. The van der Waals surface area contributed by atoms with Crippen molar-refractivity contribution in [1.29, 1.82) is 0 Å². The van der Waals surface area contributed by atoms with E-state index in [0.29, 0.717) is 17.9 Å². The lowest BCUT2D eigenvalue weighted by Gasteiger charge is -2.31. The summed E-state index contributed by atoms with van der Waals surface area (Å²) >= 11 is 0. The van der Waals surface area contributed by atoms with E-state index in [1.807, 2.05) is 37.3 Å². The molecule has 0 saturated heterocycles. The van der Waals surface area contributed by atoms with Crippen LogP contribution < -0.4 is 19.1 Å². The van der Waals surface area contributed by atoms with E-state index in [4.69, 9.17) is 9.47 Å². The van der Waals surface area contributed by atoms with Crippen LogP contribution in [-0.4, -0.2) is 65.5 Å². The fraction of sp³-hybridized carbons (Fsp3) is 0.310. The van der Waals surface area contributed by atoms with Gasteiger partial charge in [0.05, 0.1) is 24.8 Å². The van der Waals surface area contributed by atoms with Crippen LogP contribution in [0.25, 0.3) is 0 Å². The van der Waals surface area contributed by atoms with E-state index >= 15 is 0 Å². The normalized spacial score (nSPS) is 11.8. The Labute approximate surface area is 230 Å². The monoisotopic (exact) mass is 553 g/mol. The molecule has 0 saturated carbocycles. The molecule has 3 aromatic rings. The van der Waals surface area contributed by atoms with Gasteiger partial charge in [0, 0.05) is 19.7 Å². The van der Waals surface area contributed by atoms with Crippen molar-refractivity contribution in [3.8, 4) is 11.5 Å². The Hall–Kier alpha value is -4.05. The average molecular weight is 554 g/mol. The molecule has 39 heavy (non-hydrogen) atoms. The molecule has 2 amide bonds. The van der Waals surface area contributed by atoms with E-state index in [-0.39, 0.29) is 23.1 Å². The molecule has 0 spiro atoms. The molecule has 1 N–H and O–H groups in total. The molecule has 0 aliphatic heterocycles. The molecule has 0 heterocycles. The number of carbonyl (C=O) groups excluding carboxylic acids is 2. The molecule has 10 heteroatoms. The SMILES string of the molecule is CNC(=O)C(C)N(CCc1ccccc1)C(=O)CN(c1ccc(C)cc1)S(=O)(=O)c1ccc(OC)c(OC)c1. The maximum Gasteiger partial charge on any atom is 0.264 e. The Balaban J connectivity index is 2.01. The molecule has 0 aromatic heterocycles. The number of anilines is 1. The van der Waals surface area contributed by atoms with Gasteiger partial charge < -0.3 is 19.7 Å². The first-order chi connectivity index (χ1) is 18.6. The predicted octanol–water partition coefficient (Wildman–Crippen LogP) is 3.41. The molecule has 3 aromatic carbocycles. The van der Waals surface area contributed by atoms with E-state index in [1.54, 1.807) is 31.2 Å². The largest absolute Gasteiger partial charge is 0.493 e. The van der Waals surface area contributed by atoms with Crippen molar-refractivity contribution in [1.82, 2.24) is 10.2 Å². The van der Waals surface area contributed by atoms with E-state index in [2.05, 4.69) is 5.32 Å². The summed E-state index contributed by atoms with van der Waals surface area (Å²) in [5.41, 5.74) is 2.25. The summed E-state index contributed by atoms with van der Waals surface area (Å²) in [5.74, 6) is -0.236. The highest BCUT2D eigenvalue weighted by molar-refractivity contribution is 7.92. The molecular weight excluding hydrogens is 518 g/mol. The number of carbonyl (C=O) groups is 2. The van der Waals surface area contributed by atoms with Crippen LogP contribution in [0.5, 0.6) is 11.5 Å². The van der Waals surface area contributed by atoms with E-state index in [0.717, 1.165) is 15.4 Å². The number of aryl methyl sites for hydroxylation is 1. The number of hydrogen-bond donors (Lipinski definition) is 1. The van der Waals surface area contributed by atoms with Gasteiger partial charge in [-0.15, -0.1) is 0 Å². The lowest BCUT2D eigenvalue weighted by atomic mass is 10.1. The standard InChI is InChI=1S/C29H35N3O6S/c1-21-11-13-24(14-12-21)32(39(35,36)25-15-16-26(37-4)27(19-25)38-5)20-28(33)31(22(2)29(34)30-3)18-17-23-9-7-6-8-10-23/h6-16,19,22H,17-18,20H2,1-5H3,(H,30,34). The third-order valence-corrected chi connectivity index (χ3v) is 8.21. The van der Waals surface area contributed by atoms with Gasteiger partial charge in [-0.05, 0) is 50.1 Å². The zero-order valence-electron chi connectivity index (χ0n) is 22.9. The van der Waals surface area contributed by atoms with Gasteiger partial charge in [0.2, 0.25) is 11.8 Å². The van der Waals surface area contributed by atoms with Gasteiger partial charge in [0.1, 0.15) is 12.6 Å². The van der Waals surface area contributed by atoms with Crippen LogP contribution in [0.2, 0.25) is 0 Å². The smallest absolute Gasteiger partial charge is 0.264 e. The molecule has 3 rings (SSSR count). The maximum absolute atomic E-state index is 14.0. The number of likely N-dealkylation sites (N-methyl/N-ethyl adjacent to an activating group) is 1.